The molecule has 0 atom stereocenters. The lowest BCUT2D eigenvalue weighted by atomic mass is 9.33. The van der Waals surface area contributed by atoms with Crippen LogP contribution in [0.3, 0.4) is 0 Å². The van der Waals surface area contributed by atoms with Crippen molar-refractivity contribution < 1.29 is 17.6 Å². The Hall–Kier alpha value is -8.62. The third-order valence-corrected chi connectivity index (χ3v) is 17.4. The molecule has 0 N–H and O–H groups in total. The van der Waals surface area contributed by atoms with Crippen LogP contribution in [0.1, 0.15) is 105 Å². The zero-order valence-corrected chi connectivity index (χ0v) is 49.9. The molecule has 0 aliphatic carbocycles. The van der Waals surface area contributed by atoms with Crippen LogP contribution in [-0.2, 0) is 21.7 Å². The second-order valence-electron chi connectivity index (χ2n) is 27.3. The largest absolute Gasteiger partial charge is 0.311 e. The van der Waals surface area contributed by atoms with Gasteiger partial charge in [-0.3, -0.25) is 0 Å². The molecule has 11 aromatic rings. The van der Waals surface area contributed by atoms with Crippen molar-refractivity contribution in [2.45, 2.75) is 105 Å². The lowest BCUT2D eigenvalue weighted by molar-refractivity contribution is 0.568. The molecule has 0 saturated heterocycles. The summed E-state index contributed by atoms with van der Waals surface area (Å²) in [6.07, 6.45) is 0. The molecule has 0 fully saturated rings. The maximum atomic E-state index is 16.2. The Morgan fingerprint density at radius 1 is 0.333 bits per heavy atom. The van der Waals surface area contributed by atoms with Crippen molar-refractivity contribution in [3.63, 3.8) is 0 Å². The van der Waals surface area contributed by atoms with Gasteiger partial charge in [-0.15, -0.1) is 0 Å². The van der Waals surface area contributed by atoms with E-state index in [1.54, 1.807) is 18.2 Å². The van der Waals surface area contributed by atoms with E-state index in [1.807, 2.05) is 22.8 Å². The number of halogens is 4. The van der Waals surface area contributed by atoms with Gasteiger partial charge < -0.3 is 14.4 Å². The van der Waals surface area contributed by atoms with E-state index >= 15 is 8.78 Å². The normalized spacial score (nSPS) is 13.4. The molecule has 8 heteroatoms. The van der Waals surface area contributed by atoms with Gasteiger partial charge in [0.15, 0.2) is 0 Å². The van der Waals surface area contributed by atoms with Crippen molar-refractivity contribution in [1.82, 2.24) is 4.57 Å². The number of hydrogen-bond donors (Lipinski definition) is 0. The molecule has 0 bridgehead atoms. The third kappa shape index (κ3) is 9.20. The first kappa shape index (κ1) is 54.6. The Morgan fingerprint density at radius 3 is 1.29 bits per heavy atom. The average Bonchev–Trinajstić information content (AvgIpc) is 0.741. The van der Waals surface area contributed by atoms with Crippen LogP contribution < -0.4 is 26.2 Å². The van der Waals surface area contributed by atoms with Crippen molar-refractivity contribution in [3.05, 3.63) is 240 Å². The first-order valence-corrected chi connectivity index (χ1v) is 29.2. The molecule has 2 aliphatic heterocycles. The van der Waals surface area contributed by atoms with Gasteiger partial charge in [0.1, 0.15) is 23.3 Å². The van der Waals surface area contributed by atoms with Crippen LogP contribution >= 0.6 is 0 Å². The van der Waals surface area contributed by atoms with E-state index in [0.717, 1.165) is 73.1 Å². The minimum Gasteiger partial charge on any atom is -0.311 e. The molecule has 418 valence electrons. The smallest absolute Gasteiger partial charge is 0.252 e. The molecular formula is C76H68BF4N3. The summed E-state index contributed by atoms with van der Waals surface area (Å²) in [5.41, 5.74) is 19.6. The molecule has 3 heterocycles. The highest BCUT2D eigenvalue weighted by Crippen LogP contribution is 2.50. The molecule has 0 saturated carbocycles. The van der Waals surface area contributed by atoms with Gasteiger partial charge in [0, 0.05) is 56.5 Å². The number of aromatic nitrogens is 1. The SMILES string of the molecule is CC(C)(C)c1cc(N2c3ccccc3B3c4ccccc4N(c4cc(C(C)(C)C)cc(C(C)(C)C)c4)c4cc(-c5ccc6c(c5)c5ccccc5n6-c5ccc(-c6cc(F)cc(F)c6)cc5-c5c(F)cccc5F)cc2c43)cc(C(C)(C)C)c1. The number of nitrogens with zero attached hydrogens (tertiary/aromatic N) is 3. The highest BCUT2D eigenvalue weighted by molar-refractivity contribution is 7.00. The predicted molar refractivity (Wildman–Crippen MR) is 346 cm³/mol. The summed E-state index contributed by atoms with van der Waals surface area (Å²) in [4.78, 5) is 5.04. The van der Waals surface area contributed by atoms with E-state index in [9.17, 15) is 8.78 Å². The van der Waals surface area contributed by atoms with Crippen LogP contribution in [0.15, 0.2) is 194 Å². The van der Waals surface area contributed by atoms with Crippen molar-refractivity contribution in [2.24, 2.45) is 0 Å². The van der Waals surface area contributed by atoms with Gasteiger partial charge in [-0.1, -0.05) is 168 Å². The van der Waals surface area contributed by atoms with Crippen LogP contribution in [-0.4, -0.2) is 11.3 Å². The molecule has 2 aliphatic rings. The molecule has 0 unspecified atom stereocenters. The quantitative estimate of drug-likeness (QED) is 0.121. The summed E-state index contributed by atoms with van der Waals surface area (Å²) in [5.74, 6) is -3.02. The minimum absolute atomic E-state index is 0.0926. The standard InChI is InChI=1S/C76H68BF4N3/c1-73(2,3)49-38-50(74(4,5)6)41-55(40-49)82-67-26-17-14-21-60(67)77-61-22-15-18-27-68(61)83(56-42-51(75(7,8)9)39-52(43-56)76(10,11)12)70-37-48(36-69(82)72(70)77)45-28-30-65-58(34-45)57-20-13-16-25-64(57)84(65)66-31-29-46(47-32-53(78)44-54(79)33-47)35-59(66)71-62(80)23-19-24-63(71)81/h13-44H,1-12H3. The average molecular weight is 1110 g/mol. The first-order chi connectivity index (χ1) is 39.8. The van der Waals surface area contributed by atoms with Gasteiger partial charge in [-0.05, 0) is 186 Å². The fourth-order valence-corrected chi connectivity index (χ4v) is 12.8. The lowest BCUT2D eigenvalue weighted by Crippen LogP contribution is -2.61. The zero-order valence-electron chi connectivity index (χ0n) is 49.9. The molecule has 10 aromatic carbocycles. The Bertz CT molecular complexity index is 4250. The van der Waals surface area contributed by atoms with Gasteiger partial charge in [0.05, 0.1) is 22.3 Å². The maximum Gasteiger partial charge on any atom is 0.252 e. The Labute approximate surface area is 492 Å². The lowest BCUT2D eigenvalue weighted by Gasteiger charge is -2.45. The van der Waals surface area contributed by atoms with Crippen molar-refractivity contribution in [1.29, 1.82) is 0 Å². The van der Waals surface area contributed by atoms with Crippen LogP contribution in [0, 0.1) is 23.3 Å². The van der Waals surface area contributed by atoms with Crippen molar-refractivity contribution in [2.75, 3.05) is 9.80 Å². The van der Waals surface area contributed by atoms with Gasteiger partial charge in [0.25, 0.3) is 6.71 Å². The van der Waals surface area contributed by atoms with E-state index in [4.69, 9.17) is 0 Å². The number of hydrogen-bond acceptors (Lipinski definition) is 2. The number of fused-ring (bicyclic) bond motifs is 7. The molecule has 84 heavy (non-hydrogen) atoms. The number of rotatable bonds is 6. The van der Waals surface area contributed by atoms with E-state index in [-0.39, 0.29) is 45.1 Å². The Kier molecular flexibility index (Phi) is 12.7. The highest BCUT2D eigenvalue weighted by Gasteiger charge is 2.44. The fourth-order valence-electron chi connectivity index (χ4n) is 12.8. The van der Waals surface area contributed by atoms with Gasteiger partial charge in [-0.25, -0.2) is 17.6 Å². The third-order valence-electron chi connectivity index (χ3n) is 17.4. The molecule has 3 nitrogen and oxygen atoms in total. The van der Waals surface area contributed by atoms with Gasteiger partial charge in [0.2, 0.25) is 0 Å². The summed E-state index contributed by atoms with van der Waals surface area (Å²) in [5, 5.41) is 1.88. The Balaban J connectivity index is 1.11. The van der Waals surface area contributed by atoms with Crippen LogP contribution in [0.2, 0.25) is 0 Å². The monoisotopic (exact) mass is 1110 g/mol. The summed E-state index contributed by atoms with van der Waals surface area (Å²) < 4.78 is 64.1. The van der Waals surface area contributed by atoms with Crippen molar-refractivity contribution >= 4 is 79.0 Å². The molecular weight excluding hydrogens is 1040 g/mol. The summed E-state index contributed by atoms with van der Waals surface area (Å²) in [7, 11) is 0. The van der Waals surface area contributed by atoms with E-state index < -0.39 is 23.3 Å². The summed E-state index contributed by atoms with van der Waals surface area (Å²) in [6.45, 7) is 27.5. The van der Waals surface area contributed by atoms with Crippen molar-refractivity contribution in [3.8, 4) is 39.1 Å². The minimum atomic E-state index is -0.756. The zero-order chi connectivity index (χ0) is 59.1. The molecule has 0 spiro atoms. The fraction of sp³-hybridized carbons (Fsp3) is 0.211. The van der Waals surface area contributed by atoms with Crippen LogP contribution in [0.4, 0.5) is 51.7 Å². The molecule has 13 rings (SSSR count). The summed E-state index contributed by atoms with van der Waals surface area (Å²) in [6, 6.07) is 63.9. The number of benzene rings is 10. The number of anilines is 6. The summed E-state index contributed by atoms with van der Waals surface area (Å²) >= 11 is 0. The first-order valence-electron chi connectivity index (χ1n) is 29.2. The number of para-hydroxylation sites is 3. The second-order valence-corrected chi connectivity index (χ2v) is 27.3. The Morgan fingerprint density at radius 2 is 0.774 bits per heavy atom. The second kappa shape index (κ2) is 19.5. The van der Waals surface area contributed by atoms with Crippen LogP contribution in [0.5, 0.6) is 0 Å². The van der Waals surface area contributed by atoms with Crippen LogP contribution in [0.25, 0.3) is 60.9 Å². The predicted octanol–water partition coefficient (Wildman–Crippen LogP) is 19.6. The van der Waals surface area contributed by atoms with Gasteiger partial charge in [-0.2, -0.15) is 0 Å². The molecule has 0 radical (unpaired) electrons. The molecule has 0 amide bonds. The maximum absolute atomic E-state index is 16.2. The topological polar surface area (TPSA) is 11.4 Å². The van der Waals surface area contributed by atoms with E-state index in [0.29, 0.717) is 11.3 Å². The van der Waals surface area contributed by atoms with E-state index in [2.05, 4.69) is 214 Å². The van der Waals surface area contributed by atoms with Gasteiger partial charge >= 0.3 is 0 Å². The van der Waals surface area contributed by atoms with E-state index in [1.165, 1.54) is 69.0 Å². The highest BCUT2D eigenvalue weighted by atomic mass is 19.1. The molecule has 1 aromatic heterocycles.